The fraction of sp³-hybridized carbons (Fsp3) is 0.408. The number of hydrogen-bond acceptors (Lipinski definition) is 10. The van der Waals surface area contributed by atoms with Crippen LogP contribution in [0, 0.1) is 17.8 Å². The second-order valence-electron chi connectivity index (χ2n) is 18.0. The van der Waals surface area contributed by atoms with Crippen LogP contribution in [0.3, 0.4) is 0 Å². The van der Waals surface area contributed by atoms with Crippen molar-refractivity contribution in [3.8, 4) is 28.1 Å². The monoisotopic (exact) mass is 866 g/mol. The van der Waals surface area contributed by atoms with Gasteiger partial charge in [0.1, 0.15) is 30.0 Å². The summed E-state index contributed by atoms with van der Waals surface area (Å²) in [6.07, 6.45) is 3.73. The van der Waals surface area contributed by atoms with Crippen LogP contribution in [0.4, 0.5) is 9.59 Å². The van der Waals surface area contributed by atoms with E-state index >= 15 is 0 Å². The number of H-pyrrole nitrogens is 2. The van der Waals surface area contributed by atoms with Gasteiger partial charge in [-0.1, -0.05) is 62.4 Å². The first-order valence-corrected chi connectivity index (χ1v) is 22.2. The van der Waals surface area contributed by atoms with Gasteiger partial charge in [0.25, 0.3) is 5.91 Å². The standard InChI is InChI=1S/C49H54N8O7/c1-26(2)38(53-48(59)62-4)23-56-39-18-31(39)19-41(56)45-50-21-37(52-45)30-11-13-33-32(16-30)25-64-42-20-34-29(17-35(33)42)12-14-36-44(34)54-46(51-36)40-15-27(24-61-3)22-57(40)47(58)43(55-49(60)63-5)28-9-7-6-8-10-28/h6-14,16-17,20-21,26-27,31,38-41,43H,15,18-19,22-25H2,1-5H3,(H,50,52)(H,51,54)(H,53,59)(H,55,60)/t27-,31?,38+,39?,40-,41-,43+/m0/s1. The van der Waals surface area contributed by atoms with Crippen LogP contribution in [0.25, 0.3) is 44.2 Å². The van der Waals surface area contributed by atoms with Gasteiger partial charge in [-0.2, -0.15) is 0 Å². The maximum atomic E-state index is 14.4. The van der Waals surface area contributed by atoms with Crippen molar-refractivity contribution >= 4 is 39.9 Å². The maximum Gasteiger partial charge on any atom is 0.407 e. The lowest BCUT2D eigenvalue weighted by Crippen LogP contribution is -2.47. The summed E-state index contributed by atoms with van der Waals surface area (Å²) in [7, 11) is 4.36. The summed E-state index contributed by atoms with van der Waals surface area (Å²) >= 11 is 0. The van der Waals surface area contributed by atoms with Crippen LogP contribution >= 0.6 is 0 Å². The third-order valence-electron chi connectivity index (χ3n) is 13.7. The highest BCUT2D eigenvalue weighted by Crippen LogP contribution is 2.53. The molecule has 5 heterocycles. The molecule has 1 aliphatic carbocycles. The van der Waals surface area contributed by atoms with E-state index < -0.39 is 18.2 Å². The quantitative estimate of drug-likeness (QED) is 0.0950. The van der Waals surface area contributed by atoms with Crippen LogP contribution < -0.4 is 15.4 Å². The van der Waals surface area contributed by atoms with E-state index in [0.717, 1.165) is 74.3 Å². The summed E-state index contributed by atoms with van der Waals surface area (Å²) in [6, 6.07) is 23.4. The Bertz CT molecular complexity index is 2730. The summed E-state index contributed by atoms with van der Waals surface area (Å²) in [5.74, 6) is 3.15. The molecule has 6 aromatic rings. The number of amides is 3. The molecular formula is C49H54N8O7. The molecule has 3 amide bonds. The first kappa shape index (κ1) is 41.6. The van der Waals surface area contributed by atoms with E-state index in [0.29, 0.717) is 49.5 Å². The lowest BCUT2D eigenvalue weighted by molar-refractivity contribution is -0.134. The topological polar surface area (TPSA) is 176 Å². The first-order valence-electron chi connectivity index (χ1n) is 22.2. The molecule has 3 aliphatic heterocycles. The number of hydrogen-bond donors (Lipinski definition) is 4. The Balaban J connectivity index is 0.909. The Morgan fingerprint density at radius 1 is 0.875 bits per heavy atom. The Hall–Kier alpha value is -6.45. The molecule has 1 saturated carbocycles. The molecule has 0 radical (unpaired) electrons. The third-order valence-corrected chi connectivity index (χ3v) is 13.7. The number of carbonyl (C=O) groups is 3. The number of nitrogens with one attached hydrogen (secondary N) is 4. The number of methoxy groups -OCH3 is 3. The zero-order valence-corrected chi connectivity index (χ0v) is 36.7. The Kier molecular flexibility index (Phi) is 11.0. The molecule has 4 N–H and O–H groups in total. The minimum absolute atomic E-state index is 0.0281. The Labute approximate surface area is 371 Å². The number of fused-ring (bicyclic) bond motifs is 7. The number of rotatable bonds is 12. The van der Waals surface area contributed by atoms with E-state index in [1.54, 1.807) is 12.0 Å². The molecule has 0 spiro atoms. The molecule has 332 valence electrons. The van der Waals surface area contributed by atoms with Crippen molar-refractivity contribution in [1.29, 1.82) is 0 Å². The van der Waals surface area contributed by atoms with Crippen LogP contribution in [0.2, 0.25) is 0 Å². The maximum absolute atomic E-state index is 14.4. The van der Waals surface area contributed by atoms with E-state index in [2.05, 4.69) is 75.7 Å². The Morgan fingerprint density at radius 2 is 1.69 bits per heavy atom. The van der Waals surface area contributed by atoms with Crippen molar-refractivity contribution in [1.82, 2.24) is 40.4 Å². The number of benzene rings is 4. The van der Waals surface area contributed by atoms with Crippen LogP contribution in [0.1, 0.15) is 74.0 Å². The van der Waals surface area contributed by atoms with Crippen molar-refractivity contribution in [2.24, 2.45) is 17.8 Å². The van der Waals surface area contributed by atoms with Gasteiger partial charge in [0, 0.05) is 49.2 Å². The molecule has 2 saturated heterocycles. The molecule has 15 nitrogen and oxygen atoms in total. The molecular weight excluding hydrogens is 813 g/mol. The van der Waals surface area contributed by atoms with Gasteiger partial charge in [0.2, 0.25) is 0 Å². The molecule has 10 rings (SSSR count). The van der Waals surface area contributed by atoms with Crippen molar-refractivity contribution in [3.05, 3.63) is 102 Å². The van der Waals surface area contributed by atoms with Gasteiger partial charge in [0.15, 0.2) is 0 Å². The fourth-order valence-corrected chi connectivity index (χ4v) is 10.3. The molecule has 2 unspecified atom stereocenters. The zero-order valence-electron chi connectivity index (χ0n) is 36.7. The summed E-state index contributed by atoms with van der Waals surface area (Å²) in [6.45, 7) is 6.34. The fourth-order valence-electron chi connectivity index (χ4n) is 10.3. The second kappa shape index (κ2) is 16.9. The minimum atomic E-state index is -0.942. The molecule has 7 atom stereocenters. The average Bonchev–Trinajstić information content (AvgIpc) is 3.74. The van der Waals surface area contributed by atoms with Gasteiger partial charge < -0.3 is 44.4 Å². The smallest absolute Gasteiger partial charge is 0.407 e. The minimum Gasteiger partial charge on any atom is -0.488 e. The third kappa shape index (κ3) is 7.70. The van der Waals surface area contributed by atoms with Crippen molar-refractivity contribution in [2.45, 2.75) is 69.9 Å². The summed E-state index contributed by atoms with van der Waals surface area (Å²) in [5.41, 5.74) is 7.54. The van der Waals surface area contributed by atoms with E-state index in [1.165, 1.54) is 20.6 Å². The molecule has 3 fully saturated rings. The van der Waals surface area contributed by atoms with Gasteiger partial charge in [-0.3, -0.25) is 9.69 Å². The number of alkyl carbamates (subject to hydrolysis) is 2. The number of aromatic amines is 2. The number of piperidine rings is 1. The number of carbonyl (C=O) groups excluding carboxylic acids is 3. The van der Waals surface area contributed by atoms with Crippen molar-refractivity contribution in [2.75, 3.05) is 41.0 Å². The largest absolute Gasteiger partial charge is 0.488 e. The van der Waals surface area contributed by atoms with E-state index in [-0.39, 0.29) is 35.9 Å². The molecule has 0 bridgehead atoms. The number of aromatic nitrogens is 4. The highest BCUT2D eigenvalue weighted by atomic mass is 16.5. The molecule has 2 aromatic heterocycles. The number of ether oxygens (including phenoxy) is 4. The van der Waals surface area contributed by atoms with Gasteiger partial charge in [-0.25, -0.2) is 19.6 Å². The first-order chi connectivity index (χ1) is 31.1. The second-order valence-corrected chi connectivity index (χ2v) is 18.0. The normalized spacial score (nSPS) is 22.1. The summed E-state index contributed by atoms with van der Waals surface area (Å²) in [4.78, 5) is 60.6. The van der Waals surface area contributed by atoms with E-state index in [1.807, 2.05) is 42.6 Å². The predicted octanol–water partition coefficient (Wildman–Crippen LogP) is 7.81. The number of likely N-dealkylation sites (tertiary alicyclic amines) is 2. The van der Waals surface area contributed by atoms with Crippen LogP contribution in [0.15, 0.2) is 79.0 Å². The van der Waals surface area contributed by atoms with Crippen LogP contribution in [0.5, 0.6) is 5.75 Å². The predicted molar refractivity (Wildman–Crippen MR) is 240 cm³/mol. The highest BCUT2D eigenvalue weighted by Gasteiger charge is 2.53. The highest BCUT2D eigenvalue weighted by molar-refractivity contribution is 6.07. The van der Waals surface area contributed by atoms with Gasteiger partial charge in [-0.05, 0) is 83.0 Å². The SMILES string of the molecule is COC[C@H]1C[C@@H](c2nc3ccc4cc5c(cc4c3[nH]2)OCc2cc(-c3cnc([C@@H]4CC6CC6N4C[C@@H](NC(=O)OC)C(C)C)[nH]3)ccc2-5)N(C(=O)[C@H](NC(=O)OC)c2ccccc2)C1. The molecule has 64 heavy (non-hydrogen) atoms. The van der Waals surface area contributed by atoms with Gasteiger partial charge in [0.05, 0.1) is 55.8 Å². The number of nitrogens with zero attached hydrogens (tertiary/aromatic N) is 4. The van der Waals surface area contributed by atoms with Crippen molar-refractivity contribution in [3.63, 3.8) is 0 Å². The van der Waals surface area contributed by atoms with Crippen LogP contribution in [-0.2, 0) is 25.6 Å². The van der Waals surface area contributed by atoms with Gasteiger partial charge >= 0.3 is 12.2 Å². The van der Waals surface area contributed by atoms with Crippen LogP contribution in [-0.4, -0.2) is 101 Å². The lowest BCUT2D eigenvalue weighted by atomic mass is 9.92. The molecule has 4 aromatic carbocycles. The Morgan fingerprint density at radius 3 is 2.47 bits per heavy atom. The summed E-state index contributed by atoms with van der Waals surface area (Å²) in [5, 5.41) is 7.81. The molecule has 4 aliphatic rings. The number of imidazole rings is 2. The van der Waals surface area contributed by atoms with Gasteiger partial charge in [-0.15, -0.1) is 0 Å². The average molecular weight is 867 g/mol. The van der Waals surface area contributed by atoms with Crippen molar-refractivity contribution < 1.29 is 33.3 Å². The lowest BCUT2D eigenvalue weighted by Gasteiger charge is -2.32. The van der Waals surface area contributed by atoms with E-state index in [4.69, 9.17) is 28.9 Å². The molecule has 15 heteroatoms. The zero-order chi connectivity index (χ0) is 44.2. The summed E-state index contributed by atoms with van der Waals surface area (Å²) < 4.78 is 21.9. The van der Waals surface area contributed by atoms with E-state index in [9.17, 15) is 14.4 Å².